The quantitative estimate of drug-likeness (QED) is 0.754. The van der Waals surface area contributed by atoms with Crippen LogP contribution in [0, 0.1) is 0 Å². The van der Waals surface area contributed by atoms with Gasteiger partial charge in [0, 0.05) is 19.7 Å². The summed E-state index contributed by atoms with van der Waals surface area (Å²) in [4.78, 5) is 11.4. The van der Waals surface area contributed by atoms with Crippen molar-refractivity contribution in [3.63, 3.8) is 0 Å². The molecule has 2 heterocycles. The second kappa shape index (κ2) is 4.24. The Kier molecular flexibility index (Phi) is 2.56. The molecule has 0 bridgehead atoms. The molecule has 0 radical (unpaired) electrons. The highest BCUT2D eigenvalue weighted by atomic mass is 16.4. The summed E-state index contributed by atoms with van der Waals surface area (Å²) in [7, 11) is 3.46. The number of aryl methyl sites for hydroxylation is 1. The lowest BCUT2D eigenvalue weighted by Gasteiger charge is -2.02. The number of aromatic nitrogens is 3. The van der Waals surface area contributed by atoms with Crippen LogP contribution in [0.1, 0.15) is 0 Å². The molecule has 1 aromatic carbocycles. The van der Waals surface area contributed by atoms with E-state index in [2.05, 4.69) is 15.5 Å². The van der Waals surface area contributed by atoms with Crippen molar-refractivity contribution < 1.29 is 4.42 Å². The summed E-state index contributed by atoms with van der Waals surface area (Å²) >= 11 is 0. The standard InChI is InChI=1S/C13H12N4O2/c1-14-12-6-4-9(15-16-12)8-3-5-11-10(7-8)17(2)13(18)19-11/h3-7H,1-2H3,(H,14,16). The van der Waals surface area contributed by atoms with Gasteiger partial charge in [-0.1, -0.05) is 0 Å². The van der Waals surface area contributed by atoms with Crippen molar-refractivity contribution in [3.05, 3.63) is 40.9 Å². The molecule has 3 aromatic rings. The SMILES string of the molecule is CNc1ccc(-c2ccc3oc(=O)n(C)c3c2)nn1. The van der Waals surface area contributed by atoms with Gasteiger partial charge in [-0.15, -0.1) is 10.2 Å². The van der Waals surface area contributed by atoms with E-state index in [0.29, 0.717) is 11.4 Å². The molecule has 96 valence electrons. The fourth-order valence-electron chi connectivity index (χ4n) is 1.91. The molecule has 6 heteroatoms. The van der Waals surface area contributed by atoms with E-state index in [1.54, 1.807) is 20.2 Å². The van der Waals surface area contributed by atoms with Crippen molar-refractivity contribution in [1.29, 1.82) is 0 Å². The predicted molar refractivity (Wildman–Crippen MR) is 72.0 cm³/mol. The zero-order valence-corrected chi connectivity index (χ0v) is 10.5. The van der Waals surface area contributed by atoms with E-state index in [0.717, 1.165) is 16.8 Å². The third-order valence-corrected chi connectivity index (χ3v) is 3.01. The maximum Gasteiger partial charge on any atom is 0.419 e. The summed E-state index contributed by atoms with van der Waals surface area (Å²) in [6.45, 7) is 0. The van der Waals surface area contributed by atoms with Crippen LogP contribution in [0.2, 0.25) is 0 Å². The molecule has 0 aliphatic carbocycles. The lowest BCUT2D eigenvalue weighted by atomic mass is 10.1. The van der Waals surface area contributed by atoms with Gasteiger partial charge in [0.1, 0.15) is 5.82 Å². The van der Waals surface area contributed by atoms with Gasteiger partial charge in [-0.05, 0) is 30.3 Å². The smallest absolute Gasteiger partial charge is 0.408 e. The molecule has 0 fully saturated rings. The van der Waals surface area contributed by atoms with Gasteiger partial charge in [-0.3, -0.25) is 4.57 Å². The number of hydrogen-bond acceptors (Lipinski definition) is 5. The van der Waals surface area contributed by atoms with Gasteiger partial charge in [0.15, 0.2) is 5.58 Å². The van der Waals surface area contributed by atoms with E-state index in [1.807, 2.05) is 24.3 Å². The molecular weight excluding hydrogens is 244 g/mol. The topological polar surface area (TPSA) is 73.0 Å². The summed E-state index contributed by atoms with van der Waals surface area (Å²) in [5.74, 6) is 0.337. The van der Waals surface area contributed by atoms with Crippen LogP contribution in [0.15, 0.2) is 39.5 Å². The Morgan fingerprint density at radius 3 is 2.74 bits per heavy atom. The molecule has 1 N–H and O–H groups in total. The number of nitrogens with zero attached hydrogens (tertiary/aromatic N) is 3. The van der Waals surface area contributed by atoms with Crippen molar-refractivity contribution >= 4 is 16.9 Å². The van der Waals surface area contributed by atoms with Crippen LogP contribution in [-0.4, -0.2) is 21.8 Å². The van der Waals surface area contributed by atoms with Gasteiger partial charge in [-0.2, -0.15) is 0 Å². The van der Waals surface area contributed by atoms with E-state index in [9.17, 15) is 4.79 Å². The Morgan fingerprint density at radius 2 is 2.05 bits per heavy atom. The summed E-state index contributed by atoms with van der Waals surface area (Å²) in [6, 6.07) is 9.20. The average Bonchev–Trinajstić information content (AvgIpc) is 2.74. The number of benzene rings is 1. The van der Waals surface area contributed by atoms with Crippen LogP contribution in [0.3, 0.4) is 0 Å². The van der Waals surface area contributed by atoms with Crippen LogP contribution in [0.25, 0.3) is 22.4 Å². The second-order valence-corrected chi connectivity index (χ2v) is 4.16. The van der Waals surface area contributed by atoms with Crippen LogP contribution in [0.5, 0.6) is 0 Å². The first-order valence-electron chi connectivity index (χ1n) is 5.80. The van der Waals surface area contributed by atoms with Crippen molar-refractivity contribution in [3.8, 4) is 11.3 Å². The summed E-state index contributed by atoms with van der Waals surface area (Å²) in [5.41, 5.74) is 2.94. The minimum atomic E-state index is -0.372. The van der Waals surface area contributed by atoms with Crippen LogP contribution < -0.4 is 11.1 Å². The fourth-order valence-corrected chi connectivity index (χ4v) is 1.91. The van der Waals surface area contributed by atoms with Crippen molar-refractivity contribution in [2.24, 2.45) is 7.05 Å². The van der Waals surface area contributed by atoms with Crippen LogP contribution in [-0.2, 0) is 7.05 Å². The van der Waals surface area contributed by atoms with Gasteiger partial charge >= 0.3 is 5.76 Å². The number of nitrogens with one attached hydrogen (secondary N) is 1. The molecule has 0 aliphatic heterocycles. The molecule has 3 rings (SSSR count). The first-order valence-corrected chi connectivity index (χ1v) is 5.80. The Morgan fingerprint density at radius 1 is 1.21 bits per heavy atom. The maximum atomic E-state index is 11.4. The molecule has 0 aliphatic rings. The minimum absolute atomic E-state index is 0.372. The normalized spacial score (nSPS) is 10.8. The van der Waals surface area contributed by atoms with Gasteiger partial charge in [0.25, 0.3) is 0 Å². The molecule has 19 heavy (non-hydrogen) atoms. The summed E-state index contributed by atoms with van der Waals surface area (Å²) in [5, 5.41) is 11.1. The highest BCUT2D eigenvalue weighted by Crippen LogP contribution is 2.22. The molecule has 0 atom stereocenters. The van der Waals surface area contributed by atoms with Crippen molar-refractivity contribution in [2.75, 3.05) is 12.4 Å². The van der Waals surface area contributed by atoms with E-state index in [-0.39, 0.29) is 5.76 Å². The number of rotatable bonds is 2. The number of fused-ring (bicyclic) bond motifs is 1. The Bertz CT molecular complexity index is 787. The summed E-state index contributed by atoms with van der Waals surface area (Å²) in [6.07, 6.45) is 0. The first kappa shape index (κ1) is 11.5. The lowest BCUT2D eigenvalue weighted by Crippen LogP contribution is -2.08. The van der Waals surface area contributed by atoms with Gasteiger partial charge in [-0.25, -0.2) is 4.79 Å². The zero-order chi connectivity index (χ0) is 13.4. The maximum absolute atomic E-state index is 11.4. The summed E-state index contributed by atoms with van der Waals surface area (Å²) < 4.78 is 6.55. The van der Waals surface area contributed by atoms with Crippen molar-refractivity contribution in [2.45, 2.75) is 0 Å². The number of anilines is 1. The molecular formula is C13H12N4O2. The number of hydrogen-bond donors (Lipinski definition) is 1. The molecule has 0 saturated carbocycles. The van der Waals surface area contributed by atoms with Gasteiger partial charge < -0.3 is 9.73 Å². The number of oxazole rings is 1. The first-order chi connectivity index (χ1) is 9.19. The third-order valence-electron chi connectivity index (χ3n) is 3.01. The lowest BCUT2D eigenvalue weighted by molar-refractivity contribution is 0.528. The fraction of sp³-hybridized carbons (Fsp3) is 0.154. The molecule has 6 nitrogen and oxygen atoms in total. The minimum Gasteiger partial charge on any atom is -0.408 e. The van der Waals surface area contributed by atoms with Gasteiger partial charge in [0.2, 0.25) is 0 Å². The zero-order valence-electron chi connectivity index (χ0n) is 10.5. The highest BCUT2D eigenvalue weighted by Gasteiger charge is 2.08. The van der Waals surface area contributed by atoms with Crippen LogP contribution >= 0.6 is 0 Å². The highest BCUT2D eigenvalue weighted by molar-refractivity contribution is 5.79. The average molecular weight is 256 g/mol. The molecule has 2 aromatic heterocycles. The van der Waals surface area contributed by atoms with Crippen molar-refractivity contribution in [1.82, 2.24) is 14.8 Å². The van der Waals surface area contributed by atoms with E-state index in [1.165, 1.54) is 4.57 Å². The monoisotopic (exact) mass is 256 g/mol. The molecule has 0 amide bonds. The Hall–Kier alpha value is -2.63. The van der Waals surface area contributed by atoms with E-state index >= 15 is 0 Å². The Labute approximate surface area is 108 Å². The largest absolute Gasteiger partial charge is 0.419 e. The predicted octanol–water partition coefficient (Wildman–Crippen LogP) is 1.63. The third kappa shape index (κ3) is 1.87. The van der Waals surface area contributed by atoms with E-state index < -0.39 is 0 Å². The van der Waals surface area contributed by atoms with E-state index in [4.69, 9.17) is 4.42 Å². The molecule has 0 saturated heterocycles. The molecule has 0 spiro atoms. The van der Waals surface area contributed by atoms with Gasteiger partial charge in [0.05, 0.1) is 11.2 Å². The Balaban J connectivity index is 2.13. The van der Waals surface area contributed by atoms with Crippen LogP contribution in [0.4, 0.5) is 5.82 Å². The second-order valence-electron chi connectivity index (χ2n) is 4.16. The molecule has 0 unspecified atom stereocenters.